The van der Waals surface area contributed by atoms with E-state index in [0.29, 0.717) is 12.2 Å². The van der Waals surface area contributed by atoms with Gasteiger partial charge in [0, 0.05) is 36.3 Å². The summed E-state index contributed by atoms with van der Waals surface area (Å²) in [6.45, 7) is 0. The lowest BCUT2D eigenvalue weighted by Crippen LogP contribution is -2.02. The van der Waals surface area contributed by atoms with Gasteiger partial charge in [0.05, 0.1) is 12.0 Å². The number of carboxylic acid groups (broad SMARTS) is 1. The Bertz CT molecular complexity index is 991. The zero-order chi connectivity index (χ0) is 18.1. The van der Waals surface area contributed by atoms with Gasteiger partial charge in [-0.2, -0.15) is 0 Å². The monoisotopic (exact) mass is 340 g/mol. The minimum Gasteiger partial charge on any atom is -0.496 e. The summed E-state index contributed by atoms with van der Waals surface area (Å²) in [7, 11) is 3.29. The highest BCUT2D eigenvalue weighted by Crippen LogP contribution is 2.28. The van der Waals surface area contributed by atoms with Gasteiger partial charge in [0.1, 0.15) is 11.3 Å². The molecule has 1 heterocycles. The Kier molecular flexibility index (Phi) is 4.14. The van der Waals surface area contributed by atoms with Crippen LogP contribution in [0.1, 0.15) is 21.5 Å². The second-order valence-corrected chi connectivity index (χ2v) is 5.74. The molecule has 0 radical (unpaired) electrons. The van der Waals surface area contributed by atoms with E-state index >= 15 is 0 Å². The van der Waals surface area contributed by atoms with Crippen molar-refractivity contribution >= 4 is 22.6 Å². The standard InChI is InChI=1S/C18H16N2O5/c1-19-10-12(14-9-13(20(23)24)4-5-16(14)19)7-11-3-6-17(25-2)15(8-11)18(21)22/h3-6,8-10H,7H2,1-2H3,(H,21,22). The number of aryl methyl sites for hydroxylation is 1. The molecule has 3 aromatic rings. The first-order chi connectivity index (χ1) is 11.9. The lowest BCUT2D eigenvalue weighted by Gasteiger charge is -2.07. The Hall–Kier alpha value is -3.35. The molecule has 0 saturated heterocycles. The van der Waals surface area contributed by atoms with Crippen LogP contribution in [-0.4, -0.2) is 27.7 Å². The zero-order valence-electron chi connectivity index (χ0n) is 13.7. The van der Waals surface area contributed by atoms with E-state index in [2.05, 4.69) is 0 Å². The van der Waals surface area contributed by atoms with Crippen LogP contribution >= 0.6 is 0 Å². The number of rotatable bonds is 5. The minimum atomic E-state index is -1.06. The van der Waals surface area contributed by atoms with Crippen LogP contribution in [0, 0.1) is 10.1 Å². The van der Waals surface area contributed by atoms with Gasteiger partial charge in [-0.25, -0.2) is 4.79 Å². The fourth-order valence-electron chi connectivity index (χ4n) is 2.97. The molecule has 2 aromatic carbocycles. The molecule has 0 fully saturated rings. The van der Waals surface area contributed by atoms with E-state index in [-0.39, 0.29) is 11.3 Å². The first kappa shape index (κ1) is 16.5. The summed E-state index contributed by atoms with van der Waals surface area (Å²) in [6, 6.07) is 9.72. The van der Waals surface area contributed by atoms with Crippen LogP contribution in [0.15, 0.2) is 42.6 Å². The molecule has 25 heavy (non-hydrogen) atoms. The second kappa shape index (κ2) is 6.27. The number of carbonyl (C=O) groups is 1. The van der Waals surface area contributed by atoms with E-state index in [1.165, 1.54) is 13.2 Å². The number of carboxylic acids is 1. The van der Waals surface area contributed by atoms with E-state index in [9.17, 15) is 20.0 Å². The van der Waals surface area contributed by atoms with Gasteiger partial charge < -0.3 is 14.4 Å². The number of hydrogen-bond acceptors (Lipinski definition) is 4. The van der Waals surface area contributed by atoms with E-state index in [4.69, 9.17) is 4.74 Å². The molecule has 0 aliphatic carbocycles. The number of nitrogens with zero attached hydrogens (tertiary/aromatic N) is 2. The third-order valence-electron chi connectivity index (χ3n) is 4.16. The number of benzene rings is 2. The van der Waals surface area contributed by atoms with Gasteiger partial charge in [0.25, 0.3) is 5.69 Å². The number of nitro groups is 1. The van der Waals surface area contributed by atoms with Crippen LogP contribution in [0.2, 0.25) is 0 Å². The molecule has 3 rings (SSSR count). The molecular formula is C18H16N2O5. The van der Waals surface area contributed by atoms with Crippen molar-refractivity contribution in [2.24, 2.45) is 7.05 Å². The van der Waals surface area contributed by atoms with Crippen molar-refractivity contribution in [1.82, 2.24) is 4.57 Å². The van der Waals surface area contributed by atoms with Crippen molar-refractivity contribution in [1.29, 1.82) is 0 Å². The maximum Gasteiger partial charge on any atom is 0.339 e. The third-order valence-corrected chi connectivity index (χ3v) is 4.16. The van der Waals surface area contributed by atoms with Gasteiger partial charge in [-0.1, -0.05) is 6.07 Å². The molecule has 1 aromatic heterocycles. The molecule has 7 heteroatoms. The Morgan fingerprint density at radius 2 is 2.04 bits per heavy atom. The molecule has 0 atom stereocenters. The molecule has 0 unspecified atom stereocenters. The zero-order valence-corrected chi connectivity index (χ0v) is 13.7. The normalized spacial score (nSPS) is 10.8. The number of fused-ring (bicyclic) bond motifs is 1. The number of hydrogen-bond donors (Lipinski definition) is 1. The van der Waals surface area contributed by atoms with E-state index in [1.54, 1.807) is 30.3 Å². The molecule has 7 nitrogen and oxygen atoms in total. The van der Waals surface area contributed by atoms with Crippen molar-refractivity contribution in [2.75, 3.05) is 7.11 Å². The van der Waals surface area contributed by atoms with Crippen molar-refractivity contribution < 1.29 is 19.6 Å². The molecule has 0 amide bonds. The topological polar surface area (TPSA) is 94.6 Å². The predicted octanol–water partition coefficient (Wildman–Crippen LogP) is 3.38. The van der Waals surface area contributed by atoms with E-state index in [0.717, 1.165) is 22.0 Å². The summed E-state index contributed by atoms with van der Waals surface area (Å²) in [5.41, 5.74) is 2.68. The molecule has 0 aliphatic heterocycles. The van der Waals surface area contributed by atoms with Crippen LogP contribution in [0.3, 0.4) is 0 Å². The number of nitro benzene ring substituents is 1. The Morgan fingerprint density at radius 1 is 1.28 bits per heavy atom. The lowest BCUT2D eigenvalue weighted by atomic mass is 10.0. The van der Waals surface area contributed by atoms with Gasteiger partial charge in [0.15, 0.2) is 0 Å². The number of non-ortho nitro benzene ring substituents is 1. The summed E-state index contributed by atoms with van der Waals surface area (Å²) in [5, 5.41) is 21.1. The smallest absolute Gasteiger partial charge is 0.339 e. The summed E-state index contributed by atoms with van der Waals surface area (Å²) >= 11 is 0. The highest BCUT2D eigenvalue weighted by molar-refractivity contribution is 5.91. The van der Waals surface area contributed by atoms with Crippen molar-refractivity contribution in [2.45, 2.75) is 6.42 Å². The number of ether oxygens (including phenoxy) is 1. The largest absolute Gasteiger partial charge is 0.496 e. The summed E-state index contributed by atoms with van der Waals surface area (Å²) in [5.74, 6) is -0.767. The van der Waals surface area contributed by atoms with E-state index < -0.39 is 10.9 Å². The predicted molar refractivity (Wildman–Crippen MR) is 92.3 cm³/mol. The van der Waals surface area contributed by atoms with E-state index in [1.807, 2.05) is 17.8 Å². The molecular weight excluding hydrogens is 324 g/mol. The minimum absolute atomic E-state index is 0.0286. The van der Waals surface area contributed by atoms with Crippen molar-refractivity contribution in [3.05, 3.63) is 69.4 Å². The second-order valence-electron chi connectivity index (χ2n) is 5.74. The highest BCUT2D eigenvalue weighted by Gasteiger charge is 2.15. The first-order valence-corrected chi connectivity index (χ1v) is 7.53. The van der Waals surface area contributed by atoms with Crippen LogP contribution in [0.4, 0.5) is 5.69 Å². The van der Waals surface area contributed by atoms with Crippen LogP contribution in [0.5, 0.6) is 5.75 Å². The average molecular weight is 340 g/mol. The van der Waals surface area contributed by atoms with Crippen LogP contribution in [-0.2, 0) is 13.5 Å². The molecule has 0 saturated carbocycles. The Labute approximate surface area is 143 Å². The van der Waals surface area contributed by atoms with Gasteiger partial charge in [-0.05, 0) is 35.7 Å². The molecule has 1 N–H and O–H groups in total. The molecule has 0 bridgehead atoms. The maximum atomic E-state index is 11.4. The number of aromatic carboxylic acids is 1. The SMILES string of the molecule is COc1ccc(Cc2cn(C)c3ccc([N+](=O)[O-])cc23)cc1C(=O)O. The first-order valence-electron chi connectivity index (χ1n) is 7.53. The van der Waals surface area contributed by atoms with Gasteiger partial charge in [-0.3, -0.25) is 10.1 Å². The quantitative estimate of drug-likeness (QED) is 0.567. The van der Waals surface area contributed by atoms with Crippen LogP contribution < -0.4 is 4.74 Å². The lowest BCUT2D eigenvalue weighted by molar-refractivity contribution is -0.384. The third kappa shape index (κ3) is 3.03. The molecule has 0 spiro atoms. The average Bonchev–Trinajstić information content (AvgIpc) is 2.90. The summed E-state index contributed by atoms with van der Waals surface area (Å²) in [6.07, 6.45) is 2.36. The highest BCUT2D eigenvalue weighted by atomic mass is 16.6. The van der Waals surface area contributed by atoms with Gasteiger partial charge in [0.2, 0.25) is 0 Å². The maximum absolute atomic E-state index is 11.4. The van der Waals surface area contributed by atoms with Gasteiger partial charge >= 0.3 is 5.97 Å². The van der Waals surface area contributed by atoms with Crippen molar-refractivity contribution in [3.8, 4) is 5.75 Å². The molecule has 0 aliphatic rings. The van der Waals surface area contributed by atoms with Crippen molar-refractivity contribution in [3.63, 3.8) is 0 Å². The number of methoxy groups -OCH3 is 1. The summed E-state index contributed by atoms with van der Waals surface area (Å²) < 4.78 is 6.97. The fourth-order valence-corrected chi connectivity index (χ4v) is 2.97. The Balaban J connectivity index is 2.06. The summed E-state index contributed by atoms with van der Waals surface area (Å²) in [4.78, 5) is 22.0. The van der Waals surface area contributed by atoms with Crippen LogP contribution in [0.25, 0.3) is 10.9 Å². The van der Waals surface area contributed by atoms with Gasteiger partial charge in [-0.15, -0.1) is 0 Å². The molecule has 128 valence electrons. The Morgan fingerprint density at radius 3 is 2.68 bits per heavy atom. The fraction of sp³-hybridized carbons (Fsp3) is 0.167. The number of aromatic nitrogens is 1.